The number of hydrogen-bond acceptors (Lipinski definition) is 6. The number of aliphatic hydroxyl groups is 2. The van der Waals surface area contributed by atoms with Gasteiger partial charge in [0.15, 0.2) is 18.0 Å². The number of aromatic nitrogens is 2. The van der Waals surface area contributed by atoms with Crippen molar-refractivity contribution in [2.75, 3.05) is 19.0 Å². The van der Waals surface area contributed by atoms with Crippen molar-refractivity contribution in [1.82, 2.24) is 9.55 Å². The first kappa shape index (κ1) is 13.8. The Morgan fingerprint density at radius 2 is 2.32 bits per heavy atom. The highest BCUT2D eigenvalue weighted by Crippen LogP contribution is 2.38. The third-order valence-electron chi connectivity index (χ3n) is 3.09. The fourth-order valence-corrected chi connectivity index (χ4v) is 1.93. The number of nitrogens with zero attached hydrogens (tertiary/aromatic N) is 2. The second-order valence-electron chi connectivity index (χ2n) is 4.30. The molecular formula is C10H13F2N3O4. The number of anilines is 1. The number of aliphatic hydroxyl groups excluding tert-OH is 2. The zero-order chi connectivity index (χ0) is 14.2. The first-order chi connectivity index (χ1) is 8.95. The van der Waals surface area contributed by atoms with Crippen LogP contribution in [0.2, 0.25) is 0 Å². The minimum Gasteiger partial charge on any atom is -0.393 e. The Labute approximate surface area is 106 Å². The quantitative estimate of drug-likeness (QED) is 0.637. The monoisotopic (exact) mass is 277 g/mol. The van der Waals surface area contributed by atoms with Crippen LogP contribution in [0.4, 0.5) is 14.6 Å². The molecule has 1 fully saturated rings. The van der Waals surface area contributed by atoms with E-state index >= 15 is 0 Å². The first-order valence-corrected chi connectivity index (χ1v) is 5.46. The molecule has 0 aromatic carbocycles. The summed E-state index contributed by atoms with van der Waals surface area (Å²) in [7, 11) is 0. The van der Waals surface area contributed by atoms with Crippen LogP contribution in [0.3, 0.4) is 0 Å². The van der Waals surface area contributed by atoms with E-state index < -0.39 is 43.1 Å². The molecule has 7 nitrogen and oxygen atoms in total. The molecule has 0 saturated carbocycles. The Bertz CT molecular complexity index is 520. The van der Waals surface area contributed by atoms with Crippen LogP contribution in [0.15, 0.2) is 17.1 Å². The summed E-state index contributed by atoms with van der Waals surface area (Å²) < 4.78 is 32.6. The Morgan fingerprint density at radius 1 is 1.63 bits per heavy atom. The number of alkyl halides is 2. The maximum Gasteiger partial charge on any atom is 0.351 e. The van der Waals surface area contributed by atoms with Gasteiger partial charge in [-0.15, -0.1) is 0 Å². The summed E-state index contributed by atoms with van der Waals surface area (Å²) in [4.78, 5) is 14.9. The molecule has 9 heteroatoms. The summed E-state index contributed by atoms with van der Waals surface area (Å²) in [6.45, 7) is -2.21. The maximum absolute atomic E-state index is 13.9. The van der Waals surface area contributed by atoms with E-state index in [9.17, 15) is 18.7 Å². The van der Waals surface area contributed by atoms with Crippen molar-refractivity contribution in [3.8, 4) is 0 Å². The Hall–Kier alpha value is -1.58. The summed E-state index contributed by atoms with van der Waals surface area (Å²) in [5, 5.41) is 18.7. The van der Waals surface area contributed by atoms with Gasteiger partial charge in [-0.05, 0) is 6.07 Å². The van der Waals surface area contributed by atoms with Crippen molar-refractivity contribution in [3.63, 3.8) is 0 Å². The van der Waals surface area contributed by atoms with Crippen LogP contribution >= 0.6 is 0 Å². The number of halogens is 2. The average molecular weight is 277 g/mol. The number of rotatable bonds is 3. The van der Waals surface area contributed by atoms with Gasteiger partial charge in [0.1, 0.15) is 18.6 Å². The number of nitrogen functional groups attached to an aromatic ring is 1. The Kier molecular flexibility index (Phi) is 3.52. The Morgan fingerprint density at radius 3 is 2.79 bits per heavy atom. The predicted molar refractivity (Wildman–Crippen MR) is 59.7 cm³/mol. The van der Waals surface area contributed by atoms with E-state index in [1.54, 1.807) is 0 Å². The van der Waals surface area contributed by atoms with Crippen molar-refractivity contribution in [1.29, 1.82) is 0 Å². The van der Waals surface area contributed by atoms with Crippen LogP contribution in [0.1, 0.15) is 6.23 Å². The smallest absolute Gasteiger partial charge is 0.351 e. The van der Waals surface area contributed by atoms with Crippen LogP contribution in [-0.2, 0) is 4.74 Å². The molecule has 19 heavy (non-hydrogen) atoms. The highest BCUT2D eigenvalue weighted by atomic mass is 19.1. The lowest BCUT2D eigenvalue weighted by atomic mass is 9.98. The van der Waals surface area contributed by atoms with Gasteiger partial charge in [-0.2, -0.15) is 4.98 Å². The van der Waals surface area contributed by atoms with Gasteiger partial charge in [0.2, 0.25) is 0 Å². The minimum absolute atomic E-state index is 0.0610. The Balaban J connectivity index is 2.39. The van der Waals surface area contributed by atoms with Gasteiger partial charge in [0.05, 0.1) is 6.61 Å². The number of nitrogens with two attached hydrogens (primary N) is 1. The van der Waals surface area contributed by atoms with Crippen molar-refractivity contribution >= 4 is 5.82 Å². The molecule has 1 aliphatic rings. The summed E-state index contributed by atoms with van der Waals surface area (Å²) in [5.41, 5.74) is 2.31. The molecule has 106 valence electrons. The summed E-state index contributed by atoms with van der Waals surface area (Å²) in [6.07, 6.45) is -4.41. The van der Waals surface area contributed by atoms with Crippen molar-refractivity contribution < 1.29 is 23.7 Å². The highest BCUT2D eigenvalue weighted by Gasteiger charge is 2.56. The molecule has 4 N–H and O–H groups in total. The van der Waals surface area contributed by atoms with E-state index in [0.717, 1.165) is 10.8 Å². The third kappa shape index (κ3) is 2.09. The van der Waals surface area contributed by atoms with Crippen molar-refractivity contribution in [2.45, 2.75) is 24.1 Å². The van der Waals surface area contributed by atoms with Gasteiger partial charge >= 0.3 is 5.69 Å². The SMILES string of the molecule is Nc1ccn(C2O[C@@](CO)(CF)[C@@H](O)[C@@H]2F)c(=O)n1. The fraction of sp³-hybridized carbons (Fsp3) is 0.600. The van der Waals surface area contributed by atoms with Crippen LogP contribution in [0.5, 0.6) is 0 Å². The molecule has 0 amide bonds. The molecule has 4 atom stereocenters. The maximum atomic E-state index is 13.9. The van der Waals surface area contributed by atoms with Crippen molar-refractivity contribution in [3.05, 3.63) is 22.7 Å². The van der Waals surface area contributed by atoms with E-state index in [-0.39, 0.29) is 5.82 Å². The second kappa shape index (κ2) is 4.83. The number of hydrogen-bond donors (Lipinski definition) is 3. The van der Waals surface area contributed by atoms with Crippen LogP contribution in [0, 0.1) is 0 Å². The van der Waals surface area contributed by atoms with E-state index in [2.05, 4.69) is 4.98 Å². The summed E-state index contributed by atoms with van der Waals surface area (Å²) in [6, 6.07) is 1.23. The lowest BCUT2D eigenvalue weighted by Crippen LogP contribution is -2.47. The lowest BCUT2D eigenvalue weighted by Gasteiger charge is -2.25. The van der Waals surface area contributed by atoms with Crippen molar-refractivity contribution in [2.24, 2.45) is 0 Å². The van der Waals surface area contributed by atoms with E-state index in [4.69, 9.17) is 15.6 Å². The van der Waals surface area contributed by atoms with E-state index in [1.165, 1.54) is 6.07 Å². The largest absolute Gasteiger partial charge is 0.393 e. The minimum atomic E-state index is -2.08. The van der Waals surface area contributed by atoms with Crippen LogP contribution < -0.4 is 11.4 Å². The summed E-state index contributed by atoms with van der Waals surface area (Å²) in [5.74, 6) is -0.0610. The van der Waals surface area contributed by atoms with E-state index in [1.807, 2.05) is 0 Å². The van der Waals surface area contributed by atoms with Gasteiger partial charge in [0, 0.05) is 6.20 Å². The molecule has 1 aliphatic heterocycles. The predicted octanol–water partition coefficient (Wildman–Crippen LogP) is -1.25. The molecule has 1 aromatic heterocycles. The molecule has 0 aliphatic carbocycles. The average Bonchev–Trinajstić information content (AvgIpc) is 2.64. The van der Waals surface area contributed by atoms with Crippen LogP contribution in [0.25, 0.3) is 0 Å². The van der Waals surface area contributed by atoms with E-state index in [0.29, 0.717) is 0 Å². The standard InChI is InChI=1S/C10H13F2N3O4/c11-3-10(4-16)7(17)6(12)8(19-10)15-2-1-5(13)14-9(15)18/h1-2,6-8,16-17H,3-4H2,(H2,13,14,18)/t6-,7-,8?,10+/m0/s1. The highest BCUT2D eigenvalue weighted by molar-refractivity contribution is 5.23. The normalized spacial score (nSPS) is 34.6. The topological polar surface area (TPSA) is 111 Å². The molecule has 1 unspecified atom stereocenters. The fourth-order valence-electron chi connectivity index (χ4n) is 1.93. The van der Waals surface area contributed by atoms with Gasteiger partial charge in [-0.3, -0.25) is 4.57 Å². The second-order valence-corrected chi connectivity index (χ2v) is 4.30. The van der Waals surface area contributed by atoms with Gasteiger partial charge < -0.3 is 20.7 Å². The van der Waals surface area contributed by atoms with Gasteiger partial charge in [-0.1, -0.05) is 0 Å². The zero-order valence-electron chi connectivity index (χ0n) is 9.74. The van der Waals surface area contributed by atoms with Gasteiger partial charge in [-0.25, -0.2) is 13.6 Å². The molecule has 1 saturated heterocycles. The van der Waals surface area contributed by atoms with Gasteiger partial charge in [0.25, 0.3) is 0 Å². The zero-order valence-corrected chi connectivity index (χ0v) is 9.74. The molecule has 0 spiro atoms. The van der Waals surface area contributed by atoms with Crippen LogP contribution in [-0.4, -0.2) is 50.9 Å². The molecule has 0 bridgehead atoms. The molecular weight excluding hydrogens is 264 g/mol. The number of ether oxygens (including phenoxy) is 1. The molecule has 0 radical (unpaired) electrons. The lowest BCUT2D eigenvalue weighted by molar-refractivity contribution is -0.138. The molecule has 1 aromatic rings. The molecule has 2 heterocycles. The summed E-state index contributed by atoms with van der Waals surface area (Å²) >= 11 is 0. The molecule has 2 rings (SSSR count). The third-order valence-corrected chi connectivity index (χ3v) is 3.09. The first-order valence-electron chi connectivity index (χ1n) is 5.46.